The minimum absolute atomic E-state index is 0.0904. The molecular weight excluding hydrogens is 332 g/mol. The third kappa shape index (κ3) is 3.71. The summed E-state index contributed by atoms with van der Waals surface area (Å²) in [5, 5.41) is 3.18. The van der Waals surface area contributed by atoms with E-state index in [-0.39, 0.29) is 5.91 Å². The van der Waals surface area contributed by atoms with E-state index in [2.05, 4.69) is 22.2 Å². The van der Waals surface area contributed by atoms with E-state index in [1.807, 2.05) is 12.1 Å². The van der Waals surface area contributed by atoms with Crippen LogP contribution in [0.1, 0.15) is 35.0 Å². The van der Waals surface area contributed by atoms with Gasteiger partial charge in [0.1, 0.15) is 17.8 Å². The first-order chi connectivity index (χ1) is 12.7. The number of carbonyl (C=O) groups is 1. The fraction of sp³-hybridized carbons (Fsp3) is 0.421. The van der Waals surface area contributed by atoms with Crippen LogP contribution < -0.4 is 14.8 Å². The highest BCUT2D eigenvalue weighted by Crippen LogP contribution is 2.33. The summed E-state index contributed by atoms with van der Waals surface area (Å²) in [5.74, 6) is 1.98. The molecule has 0 unspecified atom stereocenters. The second kappa shape index (κ2) is 8.03. The molecule has 1 aromatic carbocycles. The van der Waals surface area contributed by atoms with Crippen molar-refractivity contribution >= 4 is 11.7 Å². The van der Waals surface area contributed by atoms with Gasteiger partial charge in [-0.25, -0.2) is 9.97 Å². The van der Waals surface area contributed by atoms with E-state index in [9.17, 15) is 4.79 Å². The summed E-state index contributed by atoms with van der Waals surface area (Å²) < 4.78 is 10.7. The van der Waals surface area contributed by atoms with Crippen LogP contribution in [0, 0.1) is 0 Å². The molecule has 0 radical (unpaired) electrons. The molecule has 1 aromatic heterocycles. The first-order valence-electron chi connectivity index (χ1n) is 8.75. The Morgan fingerprint density at radius 1 is 1.15 bits per heavy atom. The molecular formula is C19H24N4O3. The molecule has 1 aliphatic rings. The molecule has 7 heteroatoms. The van der Waals surface area contributed by atoms with Crippen LogP contribution in [0.2, 0.25) is 0 Å². The highest BCUT2D eigenvalue weighted by atomic mass is 16.5. The van der Waals surface area contributed by atoms with Gasteiger partial charge in [0.05, 0.1) is 14.2 Å². The van der Waals surface area contributed by atoms with E-state index >= 15 is 0 Å². The zero-order valence-electron chi connectivity index (χ0n) is 15.4. The first-order valence-corrected chi connectivity index (χ1v) is 8.75. The Kier molecular flexibility index (Phi) is 5.55. The monoisotopic (exact) mass is 356 g/mol. The van der Waals surface area contributed by atoms with Crippen LogP contribution in [-0.2, 0) is 13.0 Å². The average Bonchev–Trinajstić information content (AvgIpc) is 2.70. The Morgan fingerprint density at radius 2 is 1.88 bits per heavy atom. The van der Waals surface area contributed by atoms with Crippen LogP contribution in [0.5, 0.6) is 11.5 Å². The van der Waals surface area contributed by atoms with Crippen LogP contribution in [-0.4, -0.2) is 48.1 Å². The lowest BCUT2D eigenvalue weighted by molar-refractivity contribution is 0.0728. The number of carbonyl (C=O) groups excluding carboxylic acids is 1. The maximum Gasteiger partial charge on any atom is 0.272 e. The maximum absolute atomic E-state index is 12.9. The standard InChI is InChI=1S/C19H24N4O3/c1-4-6-20-18-10-15(21-12-22-18)19(24)23-7-5-13-8-16(25-2)17(26-3)9-14(13)11-23/h8-10,12H,4-7,11H2,1-3H3,(H,20,21,22). The van der Waals surface area contributed by atoms with Crippen molar-refractivity contribution in [2.24, 2.45) is 0 Å². The molecule has 0 saturated carbocycles. The average molecular weight is 356 g/mol. The molecule has 0 aliphatic carbocycles. The number of rotatable bonds is 6. The number of hydrogen-bond acceptors (Lipinski definition) is 6. The summed E-state index contributed by atoms with van der Waals surface area (Å²) in [5.41, 5.74) is 2.66. The Labute approximate surface area is 153 Å². The molecule has 0 bridgehead atoms. The van der Waals surface area contributed by atoms with Gasteiger partial charge in [0.15, 0.2) is 11.5 Å². The quantitative estimate of drug-likeness (QED) is 0.857. The Balaban J connectivity index is 1.79. The molecule has 2 heterocycles. The van der Waals surface area contributed by atoms with Crippen LogP contribution in [0.15, 0.2) is 24.5 Å². The molecule has 0 spiro atoms. The van der Waals surface area contributed by atoms with Gasteiger partial charge in [-0.3, -0.25) is 4.79 Å². The van der Waals surface area contributed by atoms with Gasteiger partial charge in [0.2, 0.25) is 0 Å². The van der Waals surface area contributed by atoms with Crippen LogP contribution in [0.3, 0.4) is 0 Å². The van der Waals surface area contributed by atoms with Gasteiger partial charge in [0, 0.05) is 25.7 Å². The van der Waals surface area contributed by atoms with E-state index in [1.165, 1.54) is 11.9 Å². The lowest BCUT2D eigenvalue weighted by Crippen LogP contribution is -2.36. The molecule has 1 aliphatic heterocycles. The van der Waals surface area contributed by atoms with Crippen molar-refractivity contribution in [2.75, 3.05) is 32.6 Å². The minimum atomic E-state index is -0.0904. The number of amides is 1. The van der Waals surface area contributed by atoms with Crippen molar-refractivity contribution in [3.8, 4) is 11.5 Å². The Bertz CT molecular complexity index is 794. The minimum Gasteiger partial charge on any atom is -0.493 e. The van der Waals surface area contributed by atoms with Crippen LogP contribution in [0.4, 0.5) is 5.82 Å². The van der Waals surface area contributed by atoms with E-state index in [4.69, 9.17) is 9.47 Å². The largest absolute Gasteiger partial charge is 0.493 e. The number of nitrogens with zero attached hydrogens (tertiary/aromatic N) is 3. The highest BCUT2D eigenvalue weighted by molar-refractivity contribution is 5.93. The topological polar surface area (TPSA) is 76.6 Å². The van der Waals surface area contributed by atoms with Crippen molar-refractivity contribution in [1.29, 1.82) is 0 Å². The molecule has 0 saturated heterocycles. The first kappa shape index (κ1) is 18.0. The molecule has 2 aromatic rings. The van der Waals surface area contributed by atoms with Crippen molar-refractivity contribution in [1.82, 2.24) is 14.9 Å². The van der Waals surface area contributed by atoms with Gasteiger partial charge in [0.25, 0.3) is 5.91 Å². The smallest absolute Gasteiger partial charge is 0.272 e. The number of fused-ring (bicyclic) bond motifs is 1. The zero-order valence-corrected chi connectivity index (χ0v) is 15.4. The zero-order chi connectivity index (χ0) is 18.5. The number of anilines is 1. The fourth-order valence-corrected chi connectivity index (χ4v) is 3.04. The summed E-state index contributed by atoms with van der Waals surface area (Å²) in [4.78, 5) is 23.0. The summed E-state index contributed by atoms with van der Waals surface area (Å²) in [6.07, 6.45) is 3.19. The van der Waals surface area contributed by atoms with Gasteiger partial charge in [-0.15, -0.1) is 0 Å². The van der Waals surface area contributed by atoms with Gasteiger partial charge in [-0.05, 0) is 36.1 Å². The second-order valence-electron chi connectivity index (χ2n) is 6.17. The van der Waals surface area contributed by atoms with Gasteiger partial charge in [-0.1, -0.05) is 6.92 Å². The van der Waals surface area contributed by atoms with Crippen LogP contribution in [0.25, 0.3) is 0 Å². The number of benzene rings is 1. The van der Waals surface area contributed by atoms with E-state index in [0.717, 1.165) is 24.9 Å². The normalized spacial score (nSPS) is 13.1. The number of ether oxygens (including phenoxy) is 2. The van der Waals surface area contributed by atoms with E-state index in [1.54, 1.807) is 25.2 Å². The van der Waals surface area contributed by atoms with Gasteiger partial charge < -0.3 is 19.7 Å². The summed E-state index contributed by atoms with van der Waals surface area (Å²) in [6, 6.07) is 5.65. The number of aromatic nitrogens is 2. The molecule has 0 atom stereocenters. The SMILES string of the molecule is CCCNc1cc(C(=O)N2CCc3cc(OC)c(OC)cc3C2)ncn1. The number of nitrogens with one attached hydrogen (secondary N) is 1. The lowest BCUT2D eigenvalue weighted by atomic mass is 9.98. The molecule has 3 rings (SSSR count). The fourth-order valence-electron chi connectivity index (χ4n) is 3.04. The van der Waals surface area contributed by atoms with Gasteiger partial charge in [-0.2, -0.15) is 0 Å². The maximum atomic E-state index is 12.9. The molecule has 26 heavy (non-hydrogen) atoms. The molecule has 7 nitrogen and oxygen atoms in total. The molecule has 1 amide bonds. The predicted molar refractivity (Wildman–Crippen MR) is 98.8 cm³/mol. The Morgan fingerprint density at radius 3 is 2.58 bits per heavy atom. The predicted octanol–water partition coefficient (Wildman–Crippen LogP) is 2.51. The summed E-state index contributed by atoms with van der Waals surface area (Å²) in [6.45, 7) is 4.05. The van der Waals surface area contributed by atoms with E-state index < -0.39 is 0 Å². The van der Waals surface area contributed by atoms with Crippen molar-refractivity contribution in [3.05, 3.63) is 41.3 Å². The van der Waals surface area contributed by atoms with Gasteiger partial charge >= 0.3 is 0 Å². The third-order valence-corrected chi connectivity index (χ3v) is 4.45. The highest BCUT2D eigenvalue weighted by Gasteiger charge is 2.24. The summed E-state index contributed by atoms with van der Waals surface area (Å²) in [7, 11) is 3.24. The van der Waals surface area contributed by atoms with E-state index in [0.29, 0.717) is 36.1 Å². The van der Waals surface area contributed by atoms with Crippen molar-refractivity contribution < 1.29 is 14.3 Å². The molecule has 1 N–H and O–H groups in total. The summed E-state index contributed by atoms with van der Waals surface area (Å²) >= 11 is 0. The van der Waals surface area contributed by atoms with Crippen molar-refractivity contribution in [3.63, 3.8) is 0 Å². The lowest BCUT2D eigenvalue weighted by Gasteiger charge is -2.29. The molecule has 0 fully saturated rings. The molecule has 138 valence electrons. The van der Waals surface area contributed by atoms with Crippen LogP contribution >= 0.6 is 0 Å². The number of methoxy groups -OCH3 is 2. The number of hydrogen-bond donors (Lipinski definition) is 1. The van der Waals surface area contributed by atoms with Crippen molar-refractivity contribution in [2.45, 2.75) is 26.3 Å². The Hall–Kier alpha value is -2.83. The third-order valence-electron chi connectivity index (χ3n) is 4.45. The second-order valence-corrected chi connectivity index (χ2v) is 6.17.